The summed E-state index contributed by atoms with van der Waals surface area (Å²) in [5, 5.41) is 2.62. The van der Waals surface area contributed by atoms with Gasteiger partial charge in [-0.2, -0.15) is 0 Å². The first-order chi connectivity index (χ1) is 18.8. The molecule has 1 aliphatic heterocycles. The third-order valence-corrected chi connectivity index (χ3v) is 6.89. The Kier molecular flexibility index (Phi) is 8.96. The summed E-state index contributed by atoms with van der Waals surface area (Å²) in [6.45, 7) is 5.27. The van der Waals surface area contributed by atoms with Crippen molar-refractivity contribution >= 4 is 23.5 Å². The number of ether oxygens (including phenoxy) is 2. The molecule has 1 aliphatic rings. The highest BCUT2D eigenvalue weighted by Gasteiger charge is 2.31. The summed E-state index contributed by atoms with van der Waals surface area (Å²) in [5.41, 5.74) is 3.10. The van der Waals surface area contributed by atoms with Crippen molar-refractivity contribution in [1.82, 2.24) is 4.90 Å². The molecule has 1 heterocycles. The van der Waals surface area contributed by atoms with Gasteiger partial charge in [0.15, 0.2) is 0 Å². The lowest BCUT2D eigenvalue weighted by atomic mass is 10.00. The fourth-order valence-electron chi connectivity index (χ4n) is 4.52. The Labute approximate surface area is 227 Å². The Balaban J connectivity index is 1.43. The minimum absolute atomic E-state index is 0.0591. The second-order valence-corrected chi connectivity index (χ2v) is 9.56. The van der Waals surface area contributed by atoms with Gasteiger partial charge in [-0.3, -0.25) is 14.4 Å². The van der Waals surface area contributed by atoms with Crippen molar-refractivity contribution in [3.05, 3.63) is 83.2 Å². The van der Waals surface area contributed by atoms with E-state index in [0.29, 0.717) is 47.6 Å². The second-order valence-electron chi connectivity index (χ2n) is 9.56. The van der Waals surface area contributed by atoms with Gasteiger partial charge in [0.1, 0.15) is 11.6 Å². The first-order valence-electron chi connectivity index (χ1n) is 13.2. The highest BCUT2D eigenvalue weighted by molar-refractivity contribution is 6.04. The normalized spacial score (nSPS) is 13.1. The number of carbonyl (C=O) groups excluding carboxylic acids is 3. The number of anilines is 1. The van der Waals surface area contributed by atoms with E-state index in [1.54, 1.807) is 41.3 Å². The van der Waals surface area contributed by atoms with E-state index >= 15 is 0 Å². The first-order valence-corrected chi connectivity index (χ1v) is 13.2. The Bertz CT molecular complexity index is 1360. The molecule has 0 fully saturated rings. The monoisotopic (exact) mass is 532 g/mol. The minimum Gasteiger partial charge on any atom is -0.494 e. The van der Waals surface area contributed by atoms with Crippen LogP contribution in [0.2, 0.25) is 0 Å². The highest BCUT2D eigenvalue weighted by Crippen LogP contribution is 2.31. The summed E-state index contributed by atoms with van der Waals surface area (Å²) >= 11 is 0. The lowest BCUT2D eigenvalue weighted by Gasteiger charge is -2.20. The number of fused-ring (bicyclic) bond motifs is 1. The molecule has 0 unspecified atom stereocenters. The van der Waals surface area contributed by atoms with E-state index in [1.807, 2.05) is 19.1 Å². The number of amides is 2. The minimum atomic E-state index is -0.585. The number of unbranched alkanes of at least 4 members (excludes halogenated alkanes) is 1. The predicted octanol–water partition coefficient (Wildman–Crippen LogP) is 6.08. The van der Waals surface area contributed by atoms with Gasteiger partial charge < -0.3 is 19.7 Å². The quantitative estimate of drug-likeness (QED) is 0.239. The molecule has 8 heteroatoms. The van der Waals surface area contributed by atoms with E-state index < -0.39 is 11.7 Å². The van der Waals surface area contributed by atoms with E-state index in [4.69, 9.17) is 9.47 Å². The van der Waals surface area contributed by atoms with Crippen LogP contribution in [0, 0.1) is 11.7 Å². The molecule has 7 nitrogen and oxygen atoms in total. The maximum atomic E-state index is 15.0. The molecule has 0 radical (unpaired) electrons. The van der Waals surface area contributed by atoms with Crippen LogP contribution in [0.5, 0.6) is 5.75 Å². The van der Waals surface area contributed by atoms with E-state index in [-0.39, 0.29) is 30.0 Å². The lowest BCUT2D eigenvalue weighted by molar-refractivity contribution is -0.146. The average Bonchev–Trinajstić information content (AvgIpc) is 3.26. The summed E-state index contributed by atoms with van der Waals surface area (Å²) in [6, 6.07) is 16.7. The number of halogens is 1. The summed E-state index contributed by atoms with van der Waals surface area (Å²) in [6.07, 6.45) is 2.55. The van der Waals surface area contributed by atoms with Crippen molar-refractivity contribution in [2.45, 2.75) is 39.7 Å². The Morgan fingerprint density at radius 2 is 1.74 bits per heavy atom. The van der Waals surface area contributed by atoms with Crippen molar-refractivity contribution in [1.29, 1.82) is 0 Å². The number of nitrogens with zero attached hydrogens (tertiary/aromatic N) is 1. The smallest absolute Gasteiger partial charge is 0.310 e. The van der Waals surface area contributed by atoms with Gasteiger partial charge in [0.2, 0.25) is 0 Å². The number of carbonyl (C=O) groups is 3. The molecule has 0 saturated heterocycles. The molecule has 3 aromatic rings. The zero-order chi connectivity index (χ0) is 27.9. The van der Waals surface area contributed by atoms with Crippen molar-refractivity contribution in [2.75, 3.05) is 25.6 Å². The molecule has 0 aliphatic carbocycles. The summed E-state index contributed by atoms with van der Waals surface area (Å²) in [7, 11) is 1.34. The number of hydrogen-bond donors (Lipinski definition) is 1. The lowest BCUT2D eigenvalue weighted by Crippen LogP contribution is -2.33. The molecule has 1 N–H and O–H groups in total. The number of rotatable bonds is 11. The van der Waals surface area contributed by atoms with Gasteiger partial charge in [0.25, 0.3) is 11.8 Å². The van der Waals surface area contributed by atoms with E-state index in [0.717, 1.165) is 18.4 Å². The third-order valence-electron chi connectivity index (χ3n) is 6.89. The van der Waals surface area contributed by atoms with Crippen molar-refractivity contribution in [3.8, 4) is 16.9 Å². The maximum absolute atomic E-state index is 15.0. The van der Waals surface area contributed by atoms with Gasteiger partial charge in [-0.1, -0.05) is 38.5 Å². The van der Waals surface area contributed by atoms with E-state index in [9.17, 15) is 18.8 Å². The molecule has 2 amide bonds. The zero-order valence-corrected chi connectivity index (χ0v) is 22.5. The van der Waals surface area contributed by atoms with Gasteiger partial charge in [-0.25, -0.2) is 4.39 Å². The molecule has 0 aromatic heterocycles. The summed E-state index contributed by atoms with van der Waals surface area (Å²) < 4.78 is 25.5. The number of esters is 1. The number of methoxy groups -OCH3 is 1. The van der Waals surface area contributed by atoms with Gasteiger partial charge in [0.05, 0.1) is 25.3 Å². The molecule has 4 rings (SSSR count). The molecular weight excluding hydrogens is 499 g/mol. The third kappa shape index (κ3) is 6.45. The molecule has 0 spiro atoms. The van der Waals surface area contributed by atoms with Crippen LogP contribution in [0.1, 0.15) is 59.4 Å². The molecule has 39 heavy (non-hydrogen) atoms. The van der Waals surface area contributed by atoms with E-state index in [2.05, 4.69) is 12.2 Å². The van der Waals surface area contributed by atoms with Crippen LogP contribution < -0.4 is 10.1 Å². The Hall–Kier alpha value is -4.20. The van der Waals surface area contributed by atoms with Crippen molar-refractivity contribution < 1.29 is 28.2 Å². The van der Waals surface area contributed by atoms with Crippen LogP contribution in [0.3, 0.4) is 0 Å². The topological polar surface area (TPSA) is 84.9 Å². The summed E-state index contributed by atoms with van der Waals surface area (Å²) in [5.74, 6) is -1.22. The zero-order valence-electron chi connectivity index (χ0n) is 22.5. The number of benzene rings is 3. The number of hydrogen-bond acceptors (Lipinski definition) is 5. The van der Waals surface area contributed by atoms with Crippen LogP contribution in [-0.4, -0.2) is 42.9 Å². The highest BCUT2D eigenvalue weighted by atomic mass is 19.1. The van der Waals surface area contributed by atoms with Crippen LogP contribution in [-0.2, 0) is 16.1 Å². The molecule has 0 saturated carbocycles. The van der Waals surface area contributed by atoms with Crippen LogP contribution in [0.4, 0.5) is 10.1 Å². The van der Waals surface area contributed by atoms with Gasteiger partial charge in [-0.05, 0) is 72.0 Å². The maximum Gasteiger partial charge on any atom is 0.310 e. The van der Waals surface area contributed by atoms with Crippen molar-refractivity contribution in [2.24, 2.45) is 5.92 Å². The standard InChI is InChI=1S/C31H33FN2O5/c1-4-6-15-39-25-12-9-21(10-13-25)29(35)33-28-14-11-23(17-27(28)32)22-7-8-24-19-34(30(36)26(24)16-22)18-20(5-2)31(37)38-3/h7-14,16-17,20H,4-6,15,18-19H2,1-3H3,(H,33,35)/t20-/m0/s1. The molecule has 204 valence electrons. The fraction of sp³-hybridized carbons (Fsp3) is 0.323. The van der Waals surface area contributed by atoms with Crippen LogP contribution >= 0.6 is 0 Å². The second kappa shape index (κ2) is 12.6. The van der Waals surface area contributed by atoms with Crippen molar-refractivity contribution in [3.63, 3.8) is 0 Å². The molecule has 1 atom stereocenters. The number of nitrogens with one attached hydrogen (secondary N) is 1. The van der Waals surface area contributed by atoms with E-state index in [1.165, 1.54) is 19.2 Å². The molecule has 0 bridgehead atoms. The Morgan fingerprint density at radius 3 is 2.41 bits per heavy atom. The van der Waals surface area contributed by atoms with Gasteiger partial charge >= 0.3 is 5.97 Å². The fourth-order valence-corrected chi connectivity index (χ4v) is 4.52. The summed E-state index contributed by atoms with van der Waals surface area (Å²) in [4.78, 5) is 39.3. The average molecular weight is 533 g/mol. The van der Waals surface area contributed by atoms with Crippen LogP contribution in [0.15, 0.2) is 60.7 Å². The van der Waals surface area contributed by atoms with Crippen LogP contribution in [0.25, 0.3) is 11.1 Å². The predicted molar refractivity (Wildman–Crippen MR) is 147 cm³/mol. The van der Waals surface area contributed by atoms with Gasteiger partial charge in [0, 0.05) is 24.2 Å². The first kappa shape index (κ1) is 27.8. The largest absolute Gasteiger partial charge is 0.494 e. The van der Waals surface area contributed by atoms with Gasteiger partial charge in [-0.15, -0.1) is 0 Å². The SMILES string of the molecule is CCCCOc1ccc(C(=O)Nc2ccc(-c3ccc4c(c3)C(=O)N(C[C@H](CC)C(=O)OC)C4)cc2F)cc1. The molecule has 3 aromatic carbocycles. The molecular formula is C31H33FN2O5. The Morgan fingerprint density at radius 1 is 1.03 bits per heavy atom.